The molecule has 0 bridgehead atoms. The smallest absolute Gasteiger partial charge is 0.248 e. The van der Waals surface area contributed by atoms with Gasteiger partial charge in [0.2, 0.25) is 5.91 Å². The highest BCUT2D eigenvalue weighted by Crippen LogP contribution is 2.38. The lowest BCUT2D eigenvalue weighted by molar-refractivity contribution is 0.1000. The molecule has 0 unspecified atom stereocenters. The van der Waals surface area contributed by atoms with Crippen LogP contribution in [0.4, 0.5) is 0 Å². The number of rotatable bonds is 2. The number of hydrogen-bond donors (Lipinski definition) is 2. The van der Waals surface area contributed by atoms with Crippen LogP contribution in [0, 0.1) is 0 Å². The molecule has 1 saturated carbocycles. The Kier molecular flexibility index (Phi) is 2.62. The number of phenolic OH excluding ortho intramolecular Hbond substituents is 1. The molecule has 1 aromatic rings. The molecule has 3 nitrogen and oxygen atoms in total. The van der Waals surface area contributed by atoms with Crippen molar-refractivity contribution < 1.29 is 9.90 Å². The van der Waals surface area contributed by atoms with E-state index < -0.39 is 5.91 Å². The van der Waals surface area contributed by atoms with E-state index in [0.29, 0.717) is 11.5 Å². The Hall–Kier alpha value is -1.51. The summed E-state index contributed by atoms with van der Waals surface area (Å²) in [6, 6.07) is 4.98. The fraction of sp³-hybridized carbons (Fsp3) is 0.417. The molecule has 3 heteroatoms. The van der Waals surface area contributed by atoms with E-state index in [2.05, 4.69) is 0 Å². The Balaban J connectivity index is 2.29. The molecule has 1 amide bonds. The first-order chi connectivity index (χ1) is 7.18. The summed E-state index contributed by atoms with van der Waals surface area (Å²) in [6.45, 7) is 0. The molecule has 0 spiro atoms. The van der Waals surface area contributed by atoms with Gasteiger partial charge in [-0.1, -0.05) is 18.9 Å². The fourth-order valence-electron chi connectivity index (χ4n) is 2.28. The van der Waals surface area contributed by atoms with E-state index in [-0.39, 0.29) is 5.75 Å². The number of phenols is 1. The average molecular weight is 205 g/mol. The summed E-state index contributed by atoms with van der Waals surface area (Å²) in [5, 5.41) is 9.79. The normalized spacial score (nSPS) is 16.8. The van der Waals surface area contributed by atoms with Gasteiger partial charge in [-0.25, -0.2) is 0 Å². The zero-order chi connectivity index (χ0) is 10.8. The van der Waals surface area contributed by atoms with Crippen LogP contribution in [-0.4, -0.2) is 11.0 Å². The van der Waals surface area contributed by atoms with Crippen molar-refractivity contribution in [2.45, 2.75) is 31.6 Å². The van der Waals surface area contributed by atoms with Crippen LogP contribution in [0.15, 0.2) is 18.2 Å². The molecular formula is C12H15NO2. The quantitative estimate of drug-likeness (QED) is 0.777. The molecule has 0 radical (unpaired) electrons. The molecule has 0 aliphatic heterocycles. The highest BCUT2D eigenvalue weighted by molar-refractivity contribution is 5.93. The summed E-state index contributed by atoms with van der Waals surface area (Å²) in [5.74, 6) is 0.161. The van der Waals surface area contributed by atoms with Gasteiger partial charge in [0.1, 0.15) is 5.75 Å². The van der Waals surface area contributed by atoms with Crippen molar-refractivity contribution in [3.8, 4) is 5.75 Å². The maximum Gasteiger partial charge on any atom is 0.248 e. The minimum Gasteiger partial charge on any atom is -0.508 e. The van der Waals surface area contributed by atoms with E-state index >= 15 is 0 Å². The lowest BCUT2D eigenvalue weighted by atomic mass is 9.95. The van der Waals surface area contributed by atoms with Crippen molar-refractivity contribution in [3.05, 3.63) is 29.3 Å². The van der Waals surface area contributed by atoms with Crippen molar-refractivity contribution in [2.75, 3.05) is 0 Å². The lowest BCUT2D eigenvalue weighted by Gasteiger charge is -2.11. The number of carbonyl (C=O) groups excluding carboxylic acids is 1. The second-order valence-corrected chi connectivity index (χ2v) is 4.12. The van der Waals surface area contributed by atoms with Gasteiger partial charge in [-0.3, -0.25) is 4.79 Å². The highest BCUT2D eigenvalue weighted by Gasteiger charge is 2.20. The van der Waals surface area contributed by atoms with Gasteiger partial charge >= 0.3 is 0 Å². The predicted molar refractivity (Wildman–Crippen MR) is 57.8 cm³/mol. The molecule has 0 saturated heterocycles. The summed E-state index contributed by atoms with van der Waals surface area (Å²) in [7, 11) is 0. The largest absolute Gasteiger partial charge is 0.508 e. The van der Waals surface area contributed by atoms with Crippen LogP contribution >= 0.6 is 0 Å². The van der Waals surface area contributed by atoms with E-state index in [9.17, 15) is 9.90 Å². The van der Waals surface area contributed by atoms with Crippen LogP contribution in [0.3, 0.4) is 0 Å². The first-order valence-electron chi connectivity index (χ1n) is 5.31. The molecule has 1 fully saturated rings. The van der Waals surface area contributed by atoms with Crippen LogP contribution in [0.5, 0.6) is 5.75 Å². The Morgan fingerprint density at radius 1 is 1.33 bits per heavy atom. The van der Waals surface area contributed by atoms with E-state index in [1.165, 1.54) is 18.9 Å². The summed E-state index contributed by atoms with van der Waals surface area (Å²) in [6.07, 6.45) is 4.70. The van der Waals surface area contributed by atoms with Crippen molar-refractivity contribution in [2.24, 2.45) is 5.73 Å². The summed E-state index contributed by atoms with van der Waals surface area (Å²) < 4.78 is 0. The van der Waals surface area contributed by atoms with Gasteiger partial charge in [0.25, 0.3) is 0 Å². The van der Waals surface area contributed by atoms with Crippen LogP contribution in [0.1, 0.15) is 47.5 Å². The van der Waals surface area contributed by atoms with Gasteiger partial charge in [0, 0.05) is 5.56 Å². The van der Waals surface area contributed by atoms with Crippen LogP contribution in [0.2, 0.25) is 0 Å². The maximum atomic E-state index is 10.9. The zero-order valence-corrected chi connectivity index (χ0v) is 8.57. The molecule has 1 aromatic carbocycles. The standard InChI is InChI=1S/C12H15NO2/c13-12(15)9-5-6-10(11(14)7-9)8-3-1-2-4-8/h5-8,14H,1-4H2,(H2,13,15). The van der Waals surface area contributed by atoms with Gasteiger partial charge in [0.05, 0.1) is 0 Å². The van der Waals surface area contributed by atoms with Gasteiger partial charge < -0.3 is 10.8 Å². The van der Waals surface area contributed by atoms with E-state index in [1.54, 1.807) is 6.07 Å². The van der Waals surface area contributed by atoms with Crippen molar-refractivity contribution in [1.82, 2.24) is 0 Å². The number of primary amides is 1. The third kappa shape index (κ3) is 1.96. The SMILES string of the molecule is NC(=O)c1ccc(C2CCCC2)c(O)c1. The number of benzene rings is 1. The van der Waals surface area contributed by atoms with Crippen LogP contribution in [0.25, 0.3) is 0 Å². The molecule has 0 aromatic heterocycles. The van der Waals surface area contributed by atoms with Crippen LogP contribution < -0.4 is 5.73 Å². The van der Waals surface area contributed by atoms with E-state index in [4.69, 9.17) is 5.73 Å². The number of amides is 1. The molecule has 1 aliphatic carbocycles. The minimum atomic E-state index is -0.497. The topological polar surface area (TPSA) is 63.3 Å². The maximum absolute atomic E-state index is 10.9. The van der Waals surface area contributed by atoms with E-state index in [1.807, 2.05) is 6.07 Å². The van der Waals surface area contributed by atoms with Gasteiger partial charge in [-0.05, 0) is 36.5 Å². The zero-order valence-electron chi connectivity index (χ0n) is 8.57. The van der Waals surface area contributed by atoms with Gasteiger partial charge in [0.15, 0.2) is 0 Å². The van der Waals surface area contributed by atoms with Gasteiger partial charge in [-0.2, -0.15) is 0 Å². The molecule has 15 heavy (non-hydrogen) atoms. The third-order valence-electron chi connectivity index (χ3n) is 3.11. The molecule has 3 N–H and O–H groups in total. The van der Waals surface area contributed by atoms with Crippen molar-refractivity contribution >= 4 is 5.91 Å². The number of carbonyl (C=O) groups is 1. The lowest BCUT2D eigenvalue weighted by Crippen LogP contribution is -2.10. The Morgan fingerprint density at radius 3 is 2.53 bits per heavy atom. The predicted octanol–water partition coefficient (Wildman–Crippen LogP) is 2.15. The first-order valence-corrected chi connectivity index (χ1v) is 5.31. The van der Waals surface area contributed by atoms with Crippen molar-refractivity contribution in [1.29, 1.82) is 0 Å². The Morgan fingerprint density at radius 2 is 2.00 bits per heavy atom. The Labute approximate surface area is 88.9 Å². The molecule has 80 valence electrons. The molecule has 1 aliphatic rings. The summed E-state index contributed by atoms with van der Waals surface area (Å²) in [4.78, 5) is 10.9. The molecule has 0 heterocycles. The summed E-state index contributed by atoms with van der Waals surface area (Å²) >= 11 is 0. The van der Waals surface area contributed by atoms with E-state index in [0.717, 1.165) is 18.4 Å². The van der Waals surface area contributed by atoms with Gasteiger partial charge in [-0.15, -0.1) is 0 Å². The van der Waals surface area contributed by atoms with Crippen molar-refractivity contribution in [3.63, 3.8) is 0 Å². The molecular weight excluding hydrogens is 190 g/mol. The fourth-order valence-corrected chi connectivity index (χ4v) is 2.28. The molecule has 2 rings (SSSR count). The number of aromatic hydroxyl groups is 1. The second-order valence-electron chi connectivity index (χ2n) is 4.12. The monoisotopic (exact) mass is 205 g/mol. The first kappa shape index (κ1) is 10.0. The average Bonchev–Trinajstić information content (AvgIpc) is 2.70. The Bertz CT molecular complexity index is 381. The second kappa shape index (κ2) is 3.93. The number of hydrogen-bond acceptors (Lipinski definition) is 2. The van der Waals surface area contributed by atoms with Crippen LogP contribution in [-0.2, 0) is 0 Å². The number of nitrogens with two attached hydrogens (primary N) is 1. The third-order valence-corrected chi connectivity index (χ3v) is 3.11. The molecule has 0 atom stereocenters. The minimum absolute atomic E-state index is 0.207. The highest BCUT2D eigenvalue weighted by atomic mass is 16.3. The summed E-state index contributed by atoms with van der Waals surface area (Å²) in [5.41, 5.74) is 6.46.